The Morgan fingerprint density at radius 2 is 1.70 bits per heavy atom. The molecule has 3 heterocycles. The van der Waals surface area contributed by atoms with Gasteiger partial charge in [0.15, 0.2) is 0 Å². The van der Waals surface area contributed by atoms with Gasteiger partial charge in [-0.3, -0.25) is 4.79 Å². The van der Waals surface area contributed by atoms with E-state index in [0.717, 1.165) is 40.7 Å². The largest absolute Gasteiger partial charge is 0.418 e. The molecule has 0 atom stereocenters. The van der Waals surface area contributed by atoms with E-state index in [2.05, 4.69) is 14.9 Å². The third-order valence-corrected chi connectivity index (χ3v) is 7.35. The molecular weight excluding hydrogens is 479 g/mol. The molecule has 0 bridgehead atoms. The highest BCUT2D eigenvalue weighted by Crippen LogP contribution is 2.40. The molecule has 2 aromatic heterocycles. The molecule has 0 unspecified atom stereocenters. The van der Waals surface area contributed by atoms with Crippen molar-refractivity contribution < 1.29 is 18.0 Å². The summed E-state index contributed by atoms with van der Waals surface area (Å²) in [4.78, 5) is 23.3. The highest BCUT2D eigenvalue weighted by Gasteiger charge is 2.36. The molecule has 0 aliphatic carbocycles. The van der Waals surface area contributed by atoms with Crippen molar-refractivity contribution in [3.8, 4) is 22.3 Å². The maximum absolute atomic E-state index is 14.1. The van der Waals surface area contributed by atoms with Crippen LogP contribution in [0.15, 0.2) is 48.8 Å². The molecule has 1 amide bonds. The quantitative estimate of drug-likeness (QED) is 0.389. The van der Waals surface area contributed by atoms with E-state index in [1.807, 2.05) is 39.2 Å². The summed E-state index contributed by atoms with van der Waals surface area (Å²) in [6.07, 6.45) is -1.07. The van der Waals surface area contributed by atoms with Crippen LogP contribution >= 0.6 is 0 Å². The fourth-order valence-electron chi connectivity index (χ4n) is 5.03. The van der Waals surface area contributed by atoms with E-state index in [1.165, 1.54) is 6.07 Å². The van der Waals surface area contributed by atoms with Crippen molar-refractivity contribution in [1.82, 2.24) is 14.9 Å². The van der Waals surface area contributed by atoms with Gasteiger partial charge in [-0.25, -0.2) is 4.98 Å². The molecule has 0 spiro atoms. The Morgan fingerprint density at radius 3 is 2.38 bits per heavy atom. The van der Waals surface area contributed by atoms with E-state index >= 15 is 0 Å². The summed E-state index contributed by atoms with van der Waals surface area (Å²) in [7, 11) is 1.97. The predicted octanol–water partition coefficient (Wildman–Crippen LogP) is 5.38. The molecule has 0 radical (unpaired) electrons. The fraction of sp³-hybridized carbons (Fsp3) is 0.286. The van der Waals surface area contributed by atoms with Gasteiger partial charge in [0.2, 0.25) is 5.91 Å². The normalized spacial score (nSPS) is 14.9. The van der Waals surface area contributed by atoms with Gasteiger partial charge >= 0.3 is 6.18 Å². The first-order chi connectivity index (χ1) is 17.5. The molecule has 3 N–H and O–H groups in total. The molecule has 1 fully saturated rings. The number of nitrogens with zero attached hydrogens (tertiary/aromatic N) is 3. The summed E-state index contributed by atoms with van der Waals surface area (Å²) in [5.74, 6) is -0.490. The molecule has 1 aliphatic heterocycles. The number of carbonyl (C=O) groups excluding carboxylic acids is 1. The van der Waals surface area contributed by atoms with Gasteiger partial charge in [0.05, 0.1) is 5.56 Å². The number of hydrogen-bond donors (Lipinski definition) is 2. The number of likely N-dealkylation sites (N-methyl/N-ethyl adjacent to an activating group) is 1. The van der Waals surface area contributed by atoms with Gasteiger partial charge in [-0.1, -0.05) is 12.1 Å². The maximum Gasteiger partial charge on any atom is 0.418 e. The maximum atomic E-state index is 14.1. The number of halogens is 3. The summed E-state index contributed by atoms with van der Waals surface area (Å²) < 4.78 is 42.4. The summed E-state index contributed by atoms with van der Waals surface area (Å²) >= 11 is 0. The highest BCUT2D eigenvalue weighted by atomic mass is 19.4. The first-order valence-electron chi connectivity index (χ1n) is 12.1. The third-order valence-electron chi connectivity index (χ3n) is 7.35. The zero-order chi connectivity index (χ0) is 26.5. The standard InChI is InChI=1S/C28H28F3N5O/c1-16-17(2)21(26(32)37)6-5-20(16)23-15-34-27-22(23)12-19(14-33-27)18-4-7-25(24(13-18)28(29,30)31)36-10-8-35(3)9-11-36/h4-7,12-15H,8-11H2,1-3H3,(H2,32,37)(H,33,34). The number of pyridine rings is 1. The molecule has 0 saturated carbocycles. The van der Waals surface area contributed by atoms with Gasteiger partial charge in [0, 0.05) is 66.3 Å². The number of piperazine rings is 1. The Labute approximate surface area is 212 Å². The molecule has 4 aromatic rings. The smallest absolute Gasteiger partial charge is 0.368 e. The average Bonchev–Trinajstić information content (AvgIpc) is 3.28. The van der Waals surface area contributed by atoms with Crippen molar-refractivity contribution in [2.24, 2.45) is 5.73 Å². The van der Waals surface area contributed by atoms with Gasteiger partial charge in [-0.15, -0.1) is 0 Å². The van der Waals surface area contributed by atoms with Crippen LogP contribution in [0.5, 0.6) is 0 Å². The van der Waals surface area contributed by atoms with Crippen molar-refractivity contribution in [3.05, 3.63) is 71.0 Å². The van der Waals surface area contributed by atoms with Crippen LogP contribution in [-0.4, -0.2) is 54.0 Å². The number of carbonyl (C=O) groups is 1. The number of fused-ring (bicyclic) bond motifs is 1. The molecule has 1 aliphatic rings. The van der Waals surface area contributed by atoms with Crippen molar-refractivity contribution in [2.75, 3.05) is 38.1 Å². The van der Waals surface area contributed by atoms with Gasteiger partial charge in [-0.2, -0.15) is 13.2 Å². The summed E-state index contributed by atoms with van der Waals surface area (Å²) in [6.45, 7) is 6.29. The summed E-state index contributed by atoms with van der Waals surface area (Å²) in [5.41, 5.74) is 10.6. The van der Waals surface area contributed by atoms with Crippen molar-refractivity contribution in [2.45, 2.75) is 20.0 Å². The molecule has 37 heavy (non-hydrogen) atoms. The number of hydrogen-bond acceptors (Lipinski definition) is 4. The van der Waals surface area contributed by atoms with Gasteiger partial charge in [0.1, 0.15) is 5.65 Å². The number of benzene rings is 2. The van der Waals surface area contributed by atoms with E-state index in [0.29, 0.717) is 35.4 Å². The molecule has 9 heteroatoms. The minimum Gasteiger partial charge on any atom is -0.368 e. The number of H-pyrrole nitrogens is 1. The number of aromatic amines is 1. The molecule has 6 nitrogen and oxygen atoms in total. The van der Waals surface area contributed by atoms with Gasteiger partial charge in [0.25, 0.3) is 0 Å². The lowest BCUT2D eigenvalue weighted by Gasteiger charge is -2.35. The SMILES string of the molecule is Cc1c(C(N)=O)ccc(-c2c[nH]c3ncc(-c4ccc(N5CCN(C)CC5)c(C(F)(F)F)c4)cc23)c1C. The van der Waals surface area contributed by atoms with Crippen LogP contribution in [-0.2, 0) is 6.18 Å². The van der Waals surface area contributed by atoms with Crippen molar-refractivity contribution >= 4 is 22.6 Å². The Kier molecular flexibility index (Phi) is 6.19. The number of primary amides is 1. The second-order valence-corrected chi connectivity index (χ2v) is 9.62. The van der Waals surface area contributed by atoms with Crippen LogP contribution in [0.1, 0.15) is 27.0 Å². The summed E-state index contributed by atoms with van der Waals surface area (Å²) in [5, 5.41) is 0.781. The Morgan fingerprint density at radius 1 is 0.973 bits per heavy atom. The van der Waals surface area contributed by atoms with Gasteiger partial charge in [-0.05, 0) is 67.4 Å². The van der Waals surface area contributed by atoms with Crippen LogP contribution < -0.4 is 10.6 Å². The predicted molar refractivity (Wildman–Crippen MR) is 140 cm³/mol. The second-order valence-electron chi connectivity index (χ2n) is 9.62. The van der Waals surface area contributed by atoms with Crippen LogP contribution in [0.2, 0.25) is 0 Å². The van der Waals surface area contributed by atoms with E-state index < -0.39 is 17.6 Å². The first kappa shape index (κ1) is 24.8. The zero-order valence-corrected chi connectivity index (χ0v) is 20.9. The second kappa shape index (κ2) is 9.23. The molecule has 2 aromatic carbocycles. The van der Waals surface area contributed by atoms with Gasteiger partial charge < -0.3 is 20.5 Å². The Bertz CT molecular complexity index is 1500. The molecular formula is C28H28F3N5O. The van der Waals surface area contributed by atoms with Crippen LogP contribution in [0.25, 0.3) is 33.3 Å². The Hall–Kier alpha value is -3.85. The minimum atomic E-state index is -4.48. The minimum absolute atomic E-state index is 0.210. The molecule has 192 valence electrons. The topological polar surface area (TPSA) is 78.2 Å². The van der Waals surface area contributed by atoms with Crippen molar-refractivity contribution in [1.29, 1.82) is 0 Å². The number of rotatable bonds is 4. The lowest BCUT2D eigenvalue weighted by atomic mass is 9.93. The number of nitrogens with one attached hydrogen (secondary N) is 1. The monoisotopic (exact) mass is 507 g/mol. The number of alkyl halides is 3. The lowest BCUT2D eigenvalue weighted by molar-refractivity contribution is -0.137. The Balaban J connectivity index is 1.58. The molecule has 5 rings (SSSR count). The lowest BCUT2D eigenvalue weighted by Crippen LogP contribution is -2.45. The number of nitrogens with two attached hydrogens (primary N) is 1. The zero-order valence-electron chi connectivity index (χ0n) is 20.9. The number of amides is 1. The number of aromatic nitrogens is 2. The number of anilines is 1. The van der Waals surface area contributed by atoms with E-state index in [4.69, 9.17) is 5.73 Å². The van der Waals surface area contributed by atoms with E-state index in [-0.39, 0.29) is 5.69 Å². The van der Waals surface area contributed by atoms with Crippen molar-refractivity contribution in [3.63, 3.8) is 0 Å². The van der Waals surface area contributed by atoms with Crippen LogP contribution in [0, 0.1) is 13.8 Å². The average molecular weight is 508 g/mol. The fourth-order valence-corrected chi connectivity index (χ4v) is 5.03. The molecule has 1 saturated heterocycles. The van der Waals surface area contributed by atoms with E-state index in [1.54, 1.807) is 29.3 Å². The first-order valence-corrected chi connectivity index (χ1v) is 12.1. The third kappa shape index (κ3) is 4.55. The van der Waals surface area contributed by atoms with Crippen LogP contribution in [0.3, 0.4) is 0 Å². The highest BCUT2D eigenvalue weighted by molar-refractivity contribution is 5.99. The summed E-state index contributed by atoms with van der Waals surface area (Å²) in [6, 6.07) is 9.92. The van der Waals surface area contributed by atoms with Crippen LogP contribution in [0.4, 0.5) is 18.9 Å². The van der Waals surface area contributed by atoms with E-state index in [9.17, 15) is 18.0 Å².